The van der Waals surface area contributed by atoms with Crippen LogP contribution in [-0.2, 0) is 9.53 Å². The van der Waals surface area contributed by atoms with E-state index in [1.807, 2.05) is 37.1 Å². The molecule has 0 fully saturated rings. The van der Waals surface area contributed by atoms with Crippen LogP contribution in [0, 0.1) is 12.8 Å². The number of ketones is 1. The number of Topliss-reactive ketones (excluding diaryl/α,β-unsaturated/α-hetero) is 1. The molecule has 0 atom stereocenters. The van der Waals surface area contributed by atoms with Gasteiger partial charge in [0.1, 0.15) is 5.60 Å². The van der Waals surface area contributed by atoms with Gasteiger partial charge in [0.15, 0.2) is 5.78 Å². The topological polar surface area (TPSA) is 101 Å². The number of nitrogens with one attached hydrogen (secondary N) is 2. The fourth-order valence-electron chi connectivity index (χ4n) is 4.16. The van der Waals surface area contributed by atoms with Crippen molar-refractivity contribution < 1.29 is 19.1 Å². The number of rotatable bonds is 9. The molecule has 0 aliphatic heterocycles. The predicted octanol–water partition coefficient (Wildman–Crippen LogP) is 7.36. The van der Waals surface area contributed by atoms with E-state index in [-0.39, 0.29) is 11.5 Å². The Morgan fingerprint density at radius 3 is 2.33 bits per heavy atom. The molecular formula is C31H37ClN4O4. The van der Waals surface area contributed by atoms with E-state index in [4.69, 9.17) is 16.3 Å². The number of benzene rings is 2. The number of hydrogen-bond donors (Lipinski definition) is 2. The van der Waals surface area contributed by atoms with Crippen molar-refractivity contribution in [2.45, 2.75) is 53.6 Å². The van der Waals surface area contributed by atoms with Crippen LogP contribution < -0.4 is 15.5 Å². The fourth-order valence-corrected chi connectivity index (χ4v) is 4.47. The number of amides is 2. The Morgan fingerprint density at radius 2 is 1.68 bits per heavy atom. The van der Waals surface area contributed by atoms with Crippen molar-refractivity contribution >= 4 is 46.4 Å². The van der Waals surface area contributed by atoms with Crippen molar-refractivity contribution in [2.24, 2.45) is 5.92 Å². The molecule has 2 aromatic carbocycles. The summed E-state index contributed by atoms with van der Waals surface area (Å²) in [6.45, 7) is 12.1. The molecule has 40 heavy (non-hydrogen) atoms. The lowest BCUT2D eigenvalue weighted by molar-refractivity contribution is -0.115. The standard InChI is InChI=1S/C31H37ClN4O4/c1-19(2)18-36(7)27-16-26(35-30(39)40-31(4,5)6)25(15-24(27)32)34-29(38)17-28(37)23-10-8-9-21(14-23)22-11-12-33-20(3)13-22/h8-16,19H,17-18H2,1-7H3,(H,34,38)(H,35,39). The lowest BCUT2D eigenvalue weighted by Gasteiger charge is -2.25. The second-order valence-corrected chi connectivity index (χ2v) is 11.6. The first-order chi connectivity index (χ1) is 18.7. The summed E-state index contributed by atoms with van der Waals surface area (Å²) < 4.78 is 5.41. The second-order valence-electron chi connectivity index (χ2n) is 11.2. The van der Waals surface area contributed by atoms with Crippen LogP contribution in [0.25, 0.3) is 11.1 Å². The van der Waals surface area contributed by atoms with Gasteiger partial charge in [-0.2, -0.15) is 0 Å². The molecule has 0 radical (unpaired) electrons. The lowest BCUT2D eigenvalue weighted by atomic mass is 10.0. The lowest BCUT2D eigenvalue weighted by Crippen LogP contribution is -2.28. The predicted molar refractivity (Wildman–Crippen MR) is 161 cm³/mol. The van der Waals surface area contributed by atoms with Crippen LogP contribution in [0.3, 0.4) is 0 Å². The molecule has 0 aliphatic carbocycles. The smallest absolute Gasteiger partial charge is 0.412 e. The average Bonchev–Trinajstić information content (AvgIpc) is 2.84. The molecule has 0 unspecified atom stereocenters. The molecule has 1 aromatic heterocycles. The Morgan fingerprint density at radius 1 is 1.00 bits per heavy atom. The molecule has 0 aliphatic rings. The maximum absolute atomic E-state index is 13.0. The van der Waals surface area contributed by atoms with Gasteiger partial charge < -0.3 is 15.0 Å². The van der Waals surface area contributed by atoms with Crippen LogP contribution >= 0.6 is 11.6 Å². The zero-order valence-electron chi connectivity index (χ0n) is 24.1. The van der Waals surface area contributed by atoms with E-state index in [1.165, 1.54) is 0 Å². The van der Waals surface area contributed by atoms with Crippen molar-refractivity contribution in [3.63, 3.8) is 0 Å². The number of anilines is 3. The Balaban J connectivity index is 1.83. The van der Waals surface area contributed by atoms with Crippen molar-refractivity contribution in [1.82, 2.24) is 4.98 Å². The summed E-state index contributed by atoms with van der Waals surface area (Å²) in [5, 5.41) is 5.84. The molecule has 0 spiro atoms. The van der Waals surface area contributed by atoms with E-state index in [0.29, 0.717) is 27.9 Å². The van der Waals surface area contributed by atoms with E-state index in [2.05, 4.69) is 29.5 Å². The van der Waals surface area contributed by atoms with Crippen molar-refractivity contribution in [1.29, 1.82) is 0 Å². The number of aromatic nitrogens is 1. The summed E-state index contributed by atoms with van der Waals surface area (Å²) in [4.78, 5) is 44.8. The van der Waals surface area contributed by atoms with Gasteiger partial charge in [-0.25, -0.2) is 4.79 Å². The molecule has 1 heterocycles. The number of aryl methyl sites for hydroxylation is 1. The number of pyridine rings is 1. The summed E-state index contributed by atoms with van der Waals surface area (Å²) in [6.07, 6.45) is 0.645. The van der Waals surface area contributed by atoms with Gasteiger partial charge in [0.25, 0.3) is 0 Å². The van der Waals surface area contributed by atoms with Gasteiger partial charge in [0, 0.05) is 31.0 Å². The highest BCUT2D eigenvalue weighted by Gasteiger charge is 2.21. The van der Waals surface area contributed by atoms with Gasteiger partial charge in [-0.1, -0.05) is 43.6 Å². The van der Waals surface area contributed by atoms with E-state index >= 15 is 0 Å². The molecule has 0 saturated carbocycles. The normalized spacial score (nSPS) is 11.2. The van der Waals surface area contributed by atoms with E-state index in [9.17, 15) is 14.4 Å². The molecule has 212 valence electrons. The Hall–Kier alpha value is -3.91. The molecule has 9 heteroatoms. The fraction of sp³-hybridized carbons (Fsp3) is 0.355. The maximum atomic E-state index is 13.0. The van der Waals surface area contributed by atoms with Crippen LogP contribution in [0.2, 0.25) is 5.02 Å². The number of carbonyl (C=O) groups excluding carboxylic acids is 3. The van der Waals surface area contributed by atoms with Crippen molar-refractivity contribution in [3.8, 4) is 11.1 Å². The molecule has 2 N–H and O–H groups in total. The minimum atomic E-state index is -0.715. The minimum absolute atomic E-state index is 0.261. The molecule has 8 nitrogen and oxygen atoms in total. The zero-order valence-corrected chi connectivity index (χ0v) is 24.8. The highest BCUT2D eigenvalue weighted by molar-refractivity contribution is 6.34. The third-order valence-corrected chi connectivity index (χ3v) is 6.09. The van der Waals surface area contributed by atoms with Gasteiger partial charge in [0.05, 0.1) is 28.5 Å². The van der Waals surface area contributed by atoms with Gasteiger partial charge in [0.2, 0.25) is 5.91 Å². The number of ether oxygens (including phenoxy) is 1. The molecule has 2 amide bonds. The number of halogens is 1. The van der Waals surface area contributed by atoms with Gasteiger partial charge in [-0.05, 0) is 75.1 Å². The third-order valence-electron chi connectivity index (χ3n) is 5.78. The summed E-state index contributed by atoms with van der Waals surface area (Å²) in [7, 11) is 1.90. The van der Waals surface area contributed by atoms with Crippen LogP contribution in [0.5, 0.6) is 0 Å². The molecule has 3 rings (SSSR count). The van der Waals surface area contributed by atoms with E-state index < -0.39 is 24.0 Å². The van der Waals surface area contributed by atoms with Crippen molar-refractivity contribution in [3.05, 3.63) is 71.0 Å². The maximum Gasteiger partial charge on any atom is 0.412 e. The minimum Gasteiger partial charge on any atom is -0.444 e. The number of hydrogen-bond acceptors (Lipinski definition) is 6. The monoisotopic (exact) mass is 564 g/mol. The van der Waals surface area contributed by atoms with E-state index in [0.717, 1.165) is 23.4 Å². The zero-order chi connectivity index (χ0) is 29.6. The van der Waals surface area contributed by atoms with E-state index in [1.54, 1.807) is 57.3 Å². The first kappa shape index (κ1) is 30.6. The van der Waals surface area contributed by atoms with Crippen LogP contribution in [0.1, 0.15) is 57.1 Å². The first-order valence-corrected chi connectivity index (χ1v) is 13.5. The second kappa shape index (κ2) is 13.0. The Bertz CT molecular complexity index is 1400. The third kappa shape index (κ3) is 8.81. The Kier molecular flexibility index (Phi) is 9.93. The van der Waals surface area contributed by atoms with Crippen LogP contribution in [-0.4, -0.2) is 42.0 Å². The quantitative estimate of drug-likeness (QED) is 0.208. The first-order valence-electron chi connectivity index (χ1n) is 13.1. The Labute approximate surface area is 241 Å². The molecule has 3 aromatic rings. The van der Waals surface area contributed by atoms with Gasteiger partial charge in [-0.3, -0.25) is 19.9 Å². The summed E-state index contributed by atoms with van der Waals surface area (Å²) in [5.74, 6) is -0.511. The van der Waals surface area contributed by atoms with Crippen LogP contribution in [0.15, 0.2) is 54.7 Å². The summed E-state index contributed by atoms with van der Waals surface area (Å²) in [6, 6.07) is 14.2. The number of carbonyl (C=O) groups is 3. The molecular weight excluding hydrogens is 528 g/mol. The highest BCUT2D eigenvalue weighted by atomic mass is 35.5. The van der Waals surface area contributed by atoms with Gasteiger partial charge in [-0.15, -0.1) is 0 Å². The van der Waals surface area contributed by atoms with Crippen LogP contribution in [0.4, 0.5) is 21.9 Å². The average molecular weight is 565 g/mol. The van der Waals surface area contributed by atoms with Crippen molar-refractivity contribution in [2.75, 3.05) is 29.1 Å². The highest BCUT2D eigenvalue weighted by Crippen LogP contribution is 2.36. The summed E-state index contributed by atoms with van der Waals surface area (Å²) in [5.41, 5.74) is 3.60. The molecule has 0 bridgehead atoms. The SMILES string of the molecule is Cc1cc(-c2cccc(C(=O)CC(=O)Nc3cc(Cl)c(N(C)CC(C)C)cc3NC(=O)OC(C)(C)C)c2)ccn1. The largest absolute Gasteiger partial charge is 0.444 e. The summed E-state index contributed by atoms with van der Waals surface area (Å²) >= 11 is 6.59. The molecule has 0 saturated heterocycles. The van der Waals surface area contributed by atoms with Gasteiger partial charge >= 0.3 is 6.09 Å². The number of nitrogens with zero attached hydrogens (tertiary/aromatic N) is 2.